The van der Waals surface area contributed by atoms with E-state index in [-0.39, 0.29) is 18.5 Å². The Hall–Kier alpha value is -2.74. The predicted octanol–water partition coefficient (Wildman–Crippen LogP) is 3.44. The van der Waals surface area contributed by atoms with E-state index in [1.54, 1.807) is 25.3 Å². The average Bonchev–Trinajstić information content (AvgIpc) is 2.70. The van der Waals surface area contributed by atoms with Gasteiger partial charge in [0.2, 0.25) is 15.9 Å². The number of fused-ring (bicyclic) bond motifs is 1. The van der Waals surface area contributed by atoms with Crippen molar-refractivity contribution in [1.29, 1.82) is 0 Å². The molecule has 0 saturated heterocycles. The van der Waals surface area contributed by atoms with E-state index in [1.165, 1.54) is 0 Å². The van der Waals surface area contributed by atoms with Crippen LogP contribution in [-0.4, -0.2) is 39.8 Å². The summed E-state index contributed by atoms with van der Waals surface area (Å²) in [5.41, 5.74) is 1.90. The Morgan fingerprint density at radius 3 is 2.48 bits per heavy atom. The van der Waals surface area contributed by atoms with Gasteiger partial charge in [0.25, 0.3) is 0 Å². The zero-order valence-electron chi connectivity index (χ0n) is 18.6. The van der Waals surface area contributed by atoms with Crippen molar-refractivity contribution in [2.24, 2.45) is 0 Å². The number of benzene rings is 2. The second kappa shape index (κ2) is 8.78. The van der Waals surface area contributed by atoms with E-state index in [1.807, 2.05) is 45.0 Å². The van der Waals surface area contributed by atoms with E-state index in [9.17, 15) is 13.2 Å². The minimum absolute atomic E-state index is 0.298. The number of amides is 1. The number of anilines is 1. The molecule has 1 heterocycles. The Bertz CT molecular complexity index is 1050. The lowest BCUT2D eigenvalue weighted by molar-refractivity contribution is -0.120. The highest BCUT2D eigenvalue weighted by Gasteiger charge is 2.35. The molecule has 0 fully saturated rings. The molecule has 2 aromatic carbocycles. The molecule has 0 bridgehead atoms. The zero-order chi connectivity index (χ0) is 22.8. The molecule has 0 unspecified atom stereocenters. The van der Waals surface area contributed by atoms with Crippen LogP contribution in [0.4, 0.5) is 5.69 Å². The van der Waals surface area contributed by atoms with E-state index < -0.39 is 15.6 Å². The minimum atomic E-state index is -3.63. The van der Waals surface area contributed by atoms with Gasteiger partial charge in [0.05, 0.1) is 25.1 Å². The molecule has 1 aliphatic rings. The lowest BCUT2D eigenvalue weighted by Crippen LogP contribution is -2.45. The maximum Gasteiger partial charge on any atom is 0.241 e. The first-order valence-corrected chi connectivity index (χ1v) is 12.1. The van der Waals surface area contributed by atoms with Gasteiger partial charge in [-0.05, 0) is 50.1 Å². The Labute approximate surface area is 184 Å². The highest BCUT2D eigenvalue weighted by Crippen LogP contribution is 2.41. The van der Waals surface area contributed by atoms with Gasteiger partial charge in [-0.25, -0.2) is 8.42 Å². The summed E-state index contributed by atoms with van der Waals surface area (Å²) in [6, 6.07) is 12.4. The molecule has 0 spiro atoms. The highest BCUT2D eigenvalue weighted by atomic mass is 32.2. The standard InChI is InChI=1S/C23H30N2O5S/c1-6-16-7-9-17(10-8-16)25(31(5,27)28)15-22(26)24-20-14-23(2,3)30-21-13-18(29-4)11-12-19(20)21/h7-13,20H,6,14-15H2,1-5H3,(H,24,26)/t20-/m1/s1. The highest BCUT2D eigenvalue weighted by molar-refractivity contribution is 7.92. The summed E-state index contributed by atoms with van der Waals surface area (Å²) in [5.74, 6) is 0.936. The van der Waals surface area contributed by atoms with E-state index in [2.05, 4.69) is 5.32 Å². The molecule has 31 heavy (non-hydrogen) atoms. The van der Waals surface area contributed by atoms with Crippen molar-refractivity contribution in [3.05, 3.63) is 53.6 Å². The number of ether oxygens (including phenoxy) is 2. The van der Waals surface area contributed by atoms with Gasteiger partial charge < -0.3 is 14.8 Å². The van der Waals surface area contributed by atoms with Gasteiger partial charge in [-0.2, -0.15) is 0 Å². The Morgan fingerprint density at radius 1 is 1.23 bits per heavy atom. The third-order valence-electron chi connectivity index (χ3n) is 5.33. The Balaban J connectivity index is 1.82. The fourth-order valence-corrected chi connectivity index (χ4v) is 4.61. The second-order valence-electron chi connectivity index (χ2n) is 8.38. The lowest BCUT2D eigenvalue weighted by Gasteiger charge is -2.38. The molecule has 8 heteroatoms. The molecule has 1 amide bonds. The van der Waals surface area contributed by atoms with Crippen LogP contribution in [0.5, 0.6) is 11.5 Å². The number of hydrogen-bond donors (Lipinski definition) is 1. The van der Waals surface area contributed by atoms with E-state index in [0.29, 0.717) is 23.6 Å². The van der Waals surface area contributed by atoms with E-state index in [0.717, 1.165) is 28.1 Å². The minimum Gasteiger partial charge on any atom is -0.497 e. The normalized spacial score (nSPS) is 17.3. The maximum atomic E-state index is 12.9. The van der Waals surface area contributed by atoms with Crippen LogP contribution in [0, 0.1) is 0 Å². The number of methoxy groups -OCH3 is 1. The van der Waals surface area contributed by atoms with Gasteiger partial charge in [0.15, 0.2) is 0 Å². The summed E-state index contributed by atoms with van der Waals surface area (Å²) in [5, 5.41) is 3.00. The van der Waals surface area contributed by atoms with Gasteiger partial charge in [0.1, 0.15) is 23.6 Å². The summed E-state index contributed by atoms with van der Waals surface area (Å²) >= 11 is 0. The number of sulfonamides is 1. The van der Waals surface area contributed by atoms with Crippen LogP contribution >= 0.6 is 0 Å². The summed E-state index contributed by atoms with van der Waals surface area (Å²) in [6.07, 6.45) is 2.51. The van der Waals surface area contributed by atoms with Crippen molar-refractivity contribution in [2.45, 2.75) is 45.3 Å². The smallest absolute Gasteiger partial charge is 0.241 e. The molecule has 0 saturated carbocycles. The lowest BCUT2D eigenvalue weighted by atomic mass is 9.89. The Morgan fingerprint density at radius 2 is 1.90 bits per heavy atom. The number of aryl methyl sites for hydroxylation is 1. The molecule has 1 atom stereocenters. The van der Waals surface area contributed by atoms with Gasteiger partial charge in [-0.15, -0.1) is 0 Å². The molecule has 7 nitrogen and oxygen atoms in total. The monoisotopic (exact) mass is 446 g/mol. The Kier molecular flexibility index (Phi) is 6.50. The summed E-state index contributed by atoms with van der Waals surface area (Å²) < 4.78 is 37.3. The fraction of sp³-hybridized carbons (Fsp3) is 0.435. The number of nitrogens with zero attached hydrogens (tertiary/aromatic N) is 1. The molecular weight excluding hydrogens is 416 g/mol. The van der Waals surface area contributed by atoms with Crippen molar-refractivity contribution in [3.8, 4) is 11.5 Å². The summed E-state index contributed by atoms with van der Waals surface area (Å²) in [4.78, 5) is 12.9. The number of nitrogens with one attached hydrogen (secondary N) is 1. The topological polar surface area (TPSA) is 84.9 Å². The van der Waals surface area contributed by atoms with Crippen molar-refractivity contribution >= 4 is 21.6 Å². The van der Waals surface area contributed by atoms with Crippen LogP contribution in [0.3, 0.4) is 0 Å². The molecule has 2 aromatic rings. The van der Waals surface area contributed by atoms with Gasteiger partial charge in [-0.1, -0.05) is 19.1 Å². The maximum absolute atomic E-state index is 12.9. The largest absolute Gasteiger partial charge is 0.497 e. The van der Waals surface area contributed by atoms with Crippen LogP contribution < -0.4 is 19.1 Å². The summed E-state index contributed by atoms with van der Waals surface area (Å²) in [6.45, 7) is 5.63. The second-order valence-corrected chi connectivity index (χ2v) is 10.3. The molecular formula is C23H30N2O5S. The van der Waals surface area contributed by atoms with Crippen molar-refractivity contribution in [2.75, 3.05) is 24.2 Å². The first-order valence-electron chi connectivity index (χ1n) is 10.3. The zero-order valence-corrected chi connectivity index (χ0v) is 19.5. The molecule has 0 radical (unpaired) electrons. The van der Waals surface area contributed by atoms with Crippen molar-refractivity contribution in [1.82, 2.24) is 5.32 Å². The van der Waals surface area contributed by atoms with Crippen LogP contribution in [-0.2, 0) is 21.2 Å². The van der Waals surface area contributed by atoms with Crippen LogP contribution in [0.15, 0.2) is 42.5 Å². The van der Waals surface area contributed by atoms with Crippen LogP contribution in [0.1, 0.15) is 44.4 Å². The molecule has 1 aliphatic heterocycles. The van der Waals surface area contributed by atoms with Crippen molar-refractivity contribution in [3.63, 3.8) is 0 Å². The summed E-state index contributed by atoms with van der Waals surface area (Å²) in [7, 11) is -2.05. The SMILES string of the molecule is CCc1ccc(N(CC(=O)N[C@@H]2CC(C)(C)Oc3cc(OC)ccc32)S(C)(=O)=O)cc1. The third kappa shape index (κ3) is 5.50. The van der Waals surface area contributed by atoms with Gasteiger partial charge in [-0.3, -0.25) is 9.10 Å². The third-order valence-corrected chi connectivity index (χ3v) is 6.47. The van der Waals surface area contributed by atoms with Crippen LogP contribution in [0.2, 0.25) is 0 Å². The predicted molar refractivity (Wildman–Crippen MR) is 121 cm³/mol. The van der Waals surface area contributed by atoms with Crippen molar-refractivity contribution < 1.29 is 22.7 Å². The number of carbonyl (C=O) groups is 1. The molecule has 168 valence electrons. The molecule has 0 aliphatic carbocycles. The number of rotatable bonds is 7. The first kappa shape index (κ1) is 22.9. The van der Waals surface area contributed by atoms with Crippen LogP contribution in [0.25, 0.3) is 0 Å². The average molecular weight is 447 g/mol. The fourth-order valence-electron chi connectivity index (χ4n) is 3.76. The van der Waals surface area contributed by atoms with Gasteiger partial charge >= 0.3 is 0 Å². The first-order chi connectivity index (χ1) is 14.5. The quantitative estimate of drug-likeness (QED) is 0.704. The molecule has 1 N–H and O–H groups in total. The number of hydrogen-bond acceptors (Lipinski definition) is 5. The molecule has 0 aromatic heterocycles. The number of carbonyl (C=O) groups excluding carboxylic acids is 1. The van der Waals surface area contributed by atoms with E-state index >= 15 is 0 Å². The van der Waals surface area contributed by atoms with E-state index in [4.69, 9.17) is 9.47 Å². The van der Waals surface area contributed by atoms with Gasteiger partial charge in [0, 0.05) is 18.1 Å². The molecule has 3 rings (SSSR count).